The second-order valence-corrected chi connectivity index (χ2v) is 9.46. The first kappa shape index (κ1) is 24.9. The topological polar surface area (TPSA) is 58.6 Å². The third kappa shape index (κ3) is 6.63. The molecule has 1 fully saturated rings. The highest BCUT2D eigenvalue weighted by Gasteiger charge is 2.36. The van der Waals surface area contributed by atoms with Crippen molar-refractivity contribution in [3.63, 3.8) is 0 Å². The zero-order valence-corrected chi connectivity index (χ0v) is 19.3. The highest BCUT2D eigenvalue weighted by molar-refractivity contribution is 6.30. The van der Waals surface area contributed by atoms with Crippen LogP contribution in [0.5, 0.6) is 0 Å². The van der Waals surface area contributed by atoms with Crippen LogP contribution in [0.15, 0.2) is 48.5 Å². The summed E-state index contributed by atoms with van der Waals surface area (Å²) in [6.07, 6.45) is -4.53. The predicted molar refractivity (Wildman–Crippen MR) is 119 cm³/mol. The van der Waals surface area contributed by atoms with Crippen molar-refractivity contribution in [2.75, 3.05) is 13.1 Å². The Morgan fingerprint density at radius 3 is 2.18 bits per heavy atom. The number of nitrogens with one attached hydrogen (secondary N) is 1. The van der Waals surface area contributed by atoms with Crippen LogP contribution in [0.4, 0.5) is 18.0 Å². The summed E-state index contributed by atoms with van der Waals surface area (Å²) in [4.78, 5) is 26.9. The Hall–Kier alpha value is -2.74. The molecule has 0 spiro atoms. The maximum Gasteiger partial charge on any atom is 0.416 e. The Labute approximate surface area is 195 Å². The van der Waals surface area contributed by atoms with E-state index in [2.05, 4.69) is 5.32 Å². The van der Waals surface area contributed by atoms with E-state index in [1.165, 1.54) is 17.0 Å². The van der Waals surface area contributed by atoms with Gasteiger partial charge in [-0.1, -0.05) is 23.7 Å². The highest BCUT2D eigenvalue weighted by Crippen LogP contribution is 2.33. The van der Waals surface area contributed by atoms with Crippen molar-refractivity contribution < 1.29 is 27.5 Å². The Bertz CT molecular complexity index is 986. The van der Waals surface area contributed by atoms with Gasteiger partial charge in [-0.25, -0.2) is 4.79 Å². The van der Waals surface area contributed by atoms with Crippen LogP contribution in [0.25, 0.3) is 0 Å². The van der Waals surface area contributed by atoms with Crippen LogP contribution < -0.4 is 5.32 Å². The Morgan fingerprint density at radius 1 is 1.03 bits per heavy atom. The summed E-state index contributed by atoms with van der Waals surface area (Å²) in [6, 6.07) is 10.8. The van der Waals surface area contributed by atoms with Crippen molar-refractivity contribution in [2.45, 2.75) is 50.9 Å². The molecule has 1 aliphatic rings. The van der Waals surface area contributed by atoms with Gasteiger partial charge in [-0.05, 0) is 69.2 Å². The minimum Gasteiger partial charge on any atom is -0.444 e. The molecule has 2 amide bonds. The van der Waals surface area contributed by atoms with E-state index in [0.29, 0.717) is 29.1 Å². The lowest BCUT2D eigenvalue weighted by atomic mass is 9.85. The second-order valence-electron chi connectivity index (χ2n) is 9.03. The predicted octanol–water partition coefficient (Wildman–Crippen LogP) is 5.88. The number of nitrogens with zero attached hydrogens (tertiary/aromatic N) is 1. The number of carbonyl (C=O) groups is 2. The van der Waals surface area contributed by atoms with Crippen LogP contribution in [0.2, 0.25) is 5.02 Å². The zero-order valence-electron chi connectivity index (χ0n) is 18.6. The standard InChI is InChI=1S/C24H26ClF3N2O3/c1-23(2,3)33-22(32)30-13-12-20(29-21(31)16-6-10-18(25)11-7-16)19(14-30)15-4-8-17(9-5-15)24(26,27)28/h4-11,19-20H,12-14H2,1-3H3,(H,29,31)/t19-,20?/m0/s1. The van der Waals surface area contributed by atoms with Crippen molar-refractivity contribution in [3.8, 4) is 0 Å². The molecule has 1 heterocycles. The number of hydrogen-bond donors (Lipinski definition) is 1. The smallest absolute Gasteiger partial charge is 0.416 e. The van der Waals surface area contributed by atoms with E-state index in [0.717, 1.165) is 12.1 Å². The molecular weight excluding hydrogens is 457 g/mol. The molecule has 1 aliphatic heterocycles. The number of benzene rings is 2. The second kappa shape index (κ2) is 9.63. The average molecular weight is 483 g/mol. The molecule has 1 unspecified atom stereocenters. The fraction of sp³-hybridized carbons (Fsp3) is 0.417. The van der Waals surface area contributed by atoms with Crippen LogP contribution in [0.3, 0.4) is 0 Å². The lowest BCUT2D eigenvalue weighted by Gasteiger charge is -2.39. The molecule has 2 atom stereocenters. The number of amides is 2. The van der Waals surface area contributed by atoms with Crippen LogP contribution >= 0.6 is 11.6 Å². The first-order chi connectivity index (χ1) is 15.3. The van der Waals surface area contributed by atoms with Crippen LogP contribution in [-0.2, 0) is 10.9 Å². The molecule has 1 saturated heterocycles. The van der Waals surface area contributed by atoms with E-state index in [1.54, 1.807) is 45.0 Å². The number of hydrogen-bond acceptors (Lipinski definition) is 3. The first-order valence-electron chi connectivity index (χ1n) is 10.5. The molecule has 178 valence electrons. The number of carbonyl (C=O) groups excluding carboxylic acids is 2. The summed E-state index contributed by atoms with van der Waals surface area (Å²) >= 11 is 5.89. The number of alkyl halides is 3. The summed E-state index contributed by atoms with van der Waals surface area (Å²) in [5.74, 6) is -0.732. The third-order valence-corrected chi connectivity index (χ3v) is 5.61. The minimum atomic E-state index is -4.45. The maximum absolute atomic E-state index is 13.0. The SMILES string of the molecule is CC(C)(C)OC(=O)N1CCC(NC(=O)c2ccc(Cl)cc2)[C@H](c2ccc(C(F)(F)F)cc2)C1. The molecule has 0 radical (unpaired) electrons. The number of ether oxygens (including phenoxy) is 1. The van der Waals surface area contributed by atoms with Gasteiger partial charge < -0.3 is 15.0 Å². The number of piperidine rings is 1. The van der Waals surface area contributed by atoms with Gasteiger partial charge in [0.15, 0.2) is 0 Å². The van der Waals surface area contributed by atoms with Gasteiger partial charge in [0.05, 0.1) is 5.56 Å². The molecule has 0 bridgehead atoms. The number of halogens is 4. The molecule has 2 aromatic carbocycles. The molecule has 0 saturated carbocycles. The van der Waals surface area contributed by atoms with Crippen molar-refractivity contribution in [1.82, 2.24) is 10.2 Å². The van der Waals surface area contributed by atoms with E-state index in [1.807, 2.05) is 0 Å². The van der Waals surface area contributed by atoms with Gasteiger partial charge >= 0.3 is 12.3 Å². The van der Waals surface area contributed by atoms with Crippen molar-refractivity contribution in [3.05, 3.63) is 70.2 Å². The fourth-order valence-electron chi connectivity index (χ4n) is 3.73. The maximum atomic E-state index is 13.0. The van der Waals surface area contributed by atoms with Gasteiger partial charge in [-0.3, -0.25) is 4.79 Å². The summed E-state index contributed by atoms with van der Waals surface area (Å²) in [5, 5.41) is 3.47. The molecular formula is C24H26ClF3N2O3. The molecule has 2 aromatic rings. The Balaban J connectivity index is 1.84. The van der Waals surface area contributed by atoms with E-state index in [9.17, 15) is 22.8 Å². The summed E-state index contributed by atoms with van der Waals surface area (Å²) in [5.41, 5.74) is -0.425. The molecule has 5 nitrogen and oxygen atoms in total. The number of rotatable bonds is 3. The Morgan fingerprint density at radius 2 is 1.64 bits per heavy atom. The first-order valence-corrected chi connectivity index (χ1v) is 10.9. The van der Waals surface area contributed by atoms with Crippen LogP contribution in [0.1, 0.15) is 54.6 Å². The van der Waals surface area contributed by atoms with Crippen molar-refractivity contribution in [1.29, 1.82) is 0 Å². The molecule has 0 aromatic heterocycles. The van der Waals surface area contributed by atoms with E-state index < -0.39 is 29.4 Å². The quantitative estimate of drug-likeness (QED) is 0.594. The van der Waals surface area contributed by atoms with Crippen molar-refractivity contribution >= 4 is 23.6 Å². The van der Waals surface area contributed by atoms with Gasteiger partial charge in [0.2, 0.25) is 0 Å². The van der Waals surface area contributed by atoms with E-state index in [-0.39, 0.29) is 18.5 Å². The molecule has 33 heavy (non-hydrogen) atoms. The van der Waals surface area contributed by atoms with Gasteiger partial charge in [0, 0.05) is 35.6 Å². The lowest BCUT2D eigenvalue weighted by Crippen LogP contribution is -2.52. The highest BCUT2D eigenvalue weighted by atomic mass is 35.5. The van der Waals surface area contributed by atoms with Crippen LogP contribution in [-0.4, -0.2) is 41.6 Å². The minimum absolute atomic E-state index is 0.200. The Kier molecular flexibility index (Phi) is 7.26. The van der Waals surface area contributed by atoms with Gasteiger partial charge in [-0.15, -0.1) is 0 Å². The molecule has 3 rings (SSSR count). The third-order valence-electron chi connectivity index (χ3n) is 5.35. The van der Waals surface area contributed by atoms with Gasteiger partial charge in [0.1, 0.15) is 5.60 Å². The normalized spacial score (nSPS) is 19.2. The average Bonchev–Trinajstić information content (AvgIpc) is 2.72. The van der Waals surface area contributed by atoms with Gasteiger partial charge in [-0.2, -0.15) is 13.2 Å². The number of likely N-dealkylation sites (tertiary alicyclic amines) is 1. The summed E-state index contributed by atoms with van der Waals surface area (Å²) < 4.78 is 44.5. The van der Waals surface area contributed by atoms with E-state index in [4.69, 9.17) is 16.3 Å². The fourth-order valence-corrected chi connectivity index (χ4v) is 3.85. The molecule has 9 heteroatoms. The summed E-state index contributed by atoms with van der Waals surface area (Å²) in [6.45, 7) is 5.83. The summed E-state index contributed by atoms with van der Waals surface area (Å²) in [7, 11) is 0. The molecule has 0 aliphatic carbocycles. The van der Waals surface area contributed by atoms with Crippen LogP contribution in [0, 0.1) is 0 Å². The van der Waals surface area contributed by atoms with Crippen molar-refractivity contribution in [2.24, 2.45) is 0 Å². The molecule has 1 N–H and O–H groups in total. The zero-order chi connectivity index (χ0) is 24.4. The lowest BCUT2D eigenvalue weighted by molar-refractivity contribution is -0.137. The largest absolute Gasteiger partial charge is 0.444 e. The van der Waals surface area contributed by atoms with E-state index >= 15 is 0 Å². The van der Waals surface area contributed by atoms with Gasteiger partial charge in [0.25, 0.3) is 5.91 Å². The monoisotopic (exact) mass is 482 g/mol.